The highest BCUT2D eigenvalue weighted by atomic mass is 16.5. The number of hydroxylamine groups is 1. The van der Waals surface area contributed by atoms with Gasteiger partial charge in [0, 0.05) is 18.8 Å². The second-order valence-electron chi connectivity index (χ2n) is 5.42. The van der Waals surface area contributed by atoms with Crippen LogP contribution in [0, 0.1) is 5.21 Å². The van der Waals surface area contributed by atoms with Crippen molar-refractivity contribution in [2.45, 2.75) is 6.54 Å². The lowest BCUT2D eigenvalue weighted by molar-refractivity contribution is -0.677. The molecule has 1 aromatic heterocycles. The maximum atomic E-state index is 12.1. The second kappa shape index (κ2) is 8.05. The highest BCUT2D eigenvalue weighted by Crippen LogP contribution is 2.13. The number of para-hydroxylation sites is 1. The summed E-state index contributed by atoms with van der Waals surface area (Å²) in [6.45, 7) is 0.619. The van der Waals surface area contributed by atoms with Crippen molar-refractivity contribution in [1.82, 2.24) is 4.98 Å². The standard InChI is InChI=1S/C19H18N4O2/c24-19(23(25)17-9-5-2-6-10-17)22-16-11-12-20-18(13-16)21-14-15-7-3-1-4-8-15/h1-13,23H,14H2,(H2,20,21,22,24). The number of benzene rings is 2. The molecule has 1 atom stereocenters. The summed E-state index contributed by atoms with van der Waals surface area (Å²) in [7, 11) is 0. The van der Waals surface area contributed by atoms with Crippen molar-refractivity contribution < 1.29 is 9.86 Å². The Morgan fingerprint density at radius 3 is 2.40 bits per heavy atom. The van der Waals surface area contributed by atoms with Gasteiger partial charge in [0.2, 0.25) is 0 Å². The molecule has 3 aromatic rings. The minimum absolute atomic E-state index is 0.358. The van der Waals surface area contributed by atoms with E-state index in [2.05, 4.69) is 15.6 Å². The van der Waals surface area contributed by atoms with Gasteiger partial charge in [0.1, 0.15) is 11.5 Å². The fourth-order valence-electron chi connectivity index (χ4n) is 2.30. The third kappa shape index (κ3) is 4.63. The number of carbonyl (C=O) groups is 1. The first-order chi connectivity index (χ1) is 12.2. The van der Waals surface area contributed by atoms with Gasteiger partial charge in [-0.25, -0.2) is 9.78 Å². The van der Waals surface area contributed by atoms with Crippen molar-refractivity contribution in [2.75, 3.05) is 10.6 Å². The van der Waals surface area contributed by atoms with Crippen molar-refractivity contribution in [3.8, 4) is 0 Å². The number of rotatable bonds is 5. The lowest BCUT2D eigenvalue weighted by Crippen LogP contribution is -3.06. The van der Waals surface area contributed by atoms with Crippen molar-refractivity contribution in [3.63, 3.8) is 0 Å². The molecule has 3 rings (SSSR count). The Hall–Kier alpha value is -3.22. The van der Waals surface area contributed by atoms with E-state index >= 15 is 0 Å². The normalized spacial score (nSPS) is 11.6. The van der Waals surface area contributed by atoms with E-state index in [4.69, 9.17) is 0 Å². The number of nitrogens with one attached hydrogen (secondary N) is 3. The van der Waals surface area contributed by atoms with Gasteiger partial charge in [0.25, 0.3) is 0 Å². The molecule has 0 aliphatic rings. The molecule has 3 N–H and O–H groups in total. The monoisotopic (exact) mass is 334 g/mol. The zero-order chi connectivity index (χ0) is 17.5. The summed E-state index contributed by atoms with van der Waals surface area (Å²) in [5.41, 5.74) is 1.99. The van der Waals surface area contributed by atoms with Gasteiger partial charge in [-0.2, -0.15) is 0 Å². The molecule has 0 radical (unpaired) electrons. The number of amides is 2. The van der Waals surface area contributed by atoms with Crippen LogP contribution in [0.25, 0.3) is 0 Å². The molecule has 0 fully saturated rings. The van der Waals surface area contributed by atoms with Crippen LogP contribution in [0.4, 0.5) is 22.0 Å². The molecule has 1 unspecified atom stereocenters. The quantitative estimate of drug-likeness (QED) is 0.627. The number of hydrogen-bond donors (Lipinski definition) is 3. The molecule has 2 amide bonds. The zero-order valence-electron chi connectivity index (χ0n) is 13.5. The number of pyridine rings is 1. The fourth-order valence-corrected chi connectivity index (χ4v) is 2.30. The van der Waals surface area contributed by atoms with E-state index in [-0.39, 0.29) is 0 Å². The topological polar surface area (TPSA) is 81.5 Å². The molecule has 0 saturated heterocycles. The van der Waals surface area contributed by atoms with Gasteiger partial charge >= 0.3 is 6.03 Å². The first kappa shape index (κ1) is 16.6. The summed E-state index contributed by atoms with van der Waals surface area (Å²) in [4.78, 5) is 16.3. The van der Waals surface area contributed by atoms with Gasteiger partial charge < -0.3 is 10.5 Å². The number of quaternary nitrogens is 1. The van der Waals surface area contributed by atoms with Gasteiger partial charge in [0.05, 0.1) is 5.69 Å². The SMILES string of the molecule is O=C(Nc1ccnc(NCc2ccccc2)c1)[NH+]([O-])c1ccccc1. The van der Waals surface area contributed by atoms with Crippen LogP contribution in [-0.4, -0.2) is 11.0 Å². The molecule has 0 saturated carbocycles. The maximum Gasteiger partial charge on any atom is 0.424 e. The Morgan fingerprint density at radius 1 is 1.00 bits per heavy atom. The molecule has 6 nitrogen and oxygen atoms in total. The number of urea groups is 1. The van der Waals surface area contributed by atoms with Crippen LogP contribution >= 0.6 is 0 Å². The summed E-state index contributed by atoms with van der Waals surface area (Å²) in [5.74, 6) is 0.619. The maximum absolute atomic E-state index is 12.1. The number of aromatic nitrogens is 1. The lowest BCUT2D eigenvalue weighted by atomic mass is 10.2. The first-order valence-electron chi connectivity index (χ1n) is 7.87. The van der Waals surface area contributed by atoms with E-state index in [1.165, 1.54) is 0 Å². The zero-order valence-corrected chi connectivity index (χ0v) is 13.5. The van der Waals surface area contributed by atoms with Crippen molar-refractivity contribution >= 4 is 23.2 Å². The van der Waals surface area contributed by atoms with Crippen LogP contribution in [0.2, 0.25) is 0 Å². The molecule has 0 spiro atoms. The summed E-state index contributed by atoms with van der Waals surface area (Å²) < 4.78 is 0. The van der Waals surface area contributed by atoms with Crippen molar-refractivity contribution in [2.24, 2.45) is 0 Å². The van der Waals surface area contributed by atoms with Crippen LogP contribution in [0.5, 0.6) is 0 Å². The van der Waals surface area contributed by atoms with E-state index in [0.29, 0.717) is 23.7 Å². The van der Waals surface area contributed by atoms with E-state index in [1.807, 2.05) is 30.3 Å². The Bertz CT molecular complexity index is 825. The molecule has 2 aromatic carbocycles. The van der Waals surface area contributed by atoms with Crippen LogP contribution in [0.15, 0.2) is 79.0 Å². The highest BCUT2D eigenvalue weighted by Gasteiger charge is 2.13. The molecular formula is C19H18N4O2. The molecule has 0 bridgehead atoms. The summed E-state index contributed by atoms with van der Waals surface area (Å²) in [5, 5.41) is 17.3. The average Bonchev–Trinajstić information content (AvgIpc) is 2.67. The van der Waals surface area contributed by atoms with Crippen LogP contribution < -0.4 is 15.7 Å². The number of carbonyl (C=O) groups excluding carboxylic acids is 1. The number of nitrogens with zero attached hydrogens (tertiary/aromatic N) is 1. The second-order valence-corrected chi connectivity index (χ2v) is 5.42. The van der Waals surface area contributed by atoms with E-state index in [9.17, 15) is 10.0 Å². The van der Waals surface area contributed by atoms with Crippen molar-refractivity contribution in [3.05, 3.63) is 89.8 Å². The summed E-state index contributed by atoms with van der Waals surface area (Å²) in [6, 6.07) is 21.0. The third-order valence-corrected chi connectivity index (χ3v) is 3.58. The Morgan fingerprint density at radius 2 is 1.68 bits per heavy atom. The molecule has 25 heavy (non-hydrogen) atoms. The smallest absolute Gasteiger partial charge is 0.424 e. The molecule has 1 heterocycles. The lowest BCUT2D eigenvalue weighted by Gasteiger charge is -2.19. The van der Waals surface area contributed by atoms with Crippen LogP contribution in [0.1, 0.15) is 5.56 Å². The fraction of sp³-hybridized carbons (Fsp3) is 0.0526. The van der Waals surface area contributed by atoms with Gasteiger partial charge in [-0.3, -0.25) is 10.4 Å². The molecule has 6 heteroatoms. The first-order valence-corrected chi connectivity index (χ1v) is 7.87. The van der Waals surface area contributed by atoms with Gasteiger partial charge in [0.15, 0.2) is 0 Å². The van der Waals surface area contributed by atoms with Crippen molar-refractivity contribution in [1.29, 1.82) is 0 Å². The Labute approximate surface area is 145 Å². The predicted octanol–water partition coefficient (Wildman–Crippen LogP) is 2.94. The van der Waals surface area contributed by atoms with Gasteiger partial charge in [-0.1, -0.05) is 48.5 Å². The summed E-state index contributed by atoms with van der Waals surface area (Å²) in [6.07, 6.45) is 1.58. The Kier molecular flexibility index (Phi) is 5.36. The highest BCUT2D eigenvalue weighted by molar-refractivity contribution is 5.84. The molecule has 126 valence electrons. The number of hydrogen-bond acceptors (Lipinski definition) is 4. The average molecular weight is 334 g/mol. The molecule has 0 aliphatic heterocycles. The van der Waals surface area contributed by atoms with Crippen LogP contribution in [0.3, 0.4) is 0 Å². The number of anilines is 2. The predicted molar refractivity (Wildman–Crippen MR) is 97.5 cm³/mol. The van der Waals surface area contributed by atoms with Gasteiger partial charge in [-0.05, 0) is 23.8 Å². The Balaban J connectivity index is 1.62. The molecule has 0 aliphatic carbocycles. The summed E-state index contributed by atoms with van der Waals surface area (Å²) >= 11 is 0. The van der Waals surface area contributed by atoms with Gasteiger partial charge in [-0.15, -0.1) is 0 Å². The van der Waals surface area contributed by atoms with Crippen LogP contribution in [-0.2, 0) is 6.54 Å². The third-order valence-electron chi connectivity index (χ3n) is 3.58. The minimum atomic E-state index is -0.675. The van der Waals surface area contributed by atoms with E-state index in [0.717, 1.165) is 5.56 Å². The van der Waals surface area contributed by atoms with E-state index < -0.39 is 11.1 Å². The van der Waals surface area contributed by atoms with E-state index in [1.54, 1.807) is 48.7 Å². The molecular weight excluding hydrogens is 316 g/mol. The minimum Gasteiger partial charge on any atom is -0.620 e. The largest absolute Gasteiger partial charge is 0.620 e.